The van der Waals surface area contributed by atoms with Gasteiger partial charge in [-0.05, 0) is 23.6 Å². The average molecular weight is 288 g/mol. The fraction of sp³-hybridized carbons (Fsp3) is 0.455. The molecule has 1 atom stereocenters. The molecule has 0 fully saturated rings. The molecule has 0 bridgehead atoms. The van der Waals surface area contributed by atoms with Crippen LogP contribution < -0.4 is 4.74 Å². The van der Waals surface area contributed by atoms with Crippen LogP contribution >= 0.6 is 22.6 Å². The fourth-order valence-corrected chi connectivity index (χ4v) is 2.17. The monoisotopic (exact) mass is 288 g/mol. The van der Waals surface area contributed by atoms with Gasteiger partial charge >= 0.3 is 0 Å². The van der Waals surface area contributed by atoms with Crippen LogP contribution in [0.3, 0.4) is 0 Å². The smallest absolute Gasteiger partial charge is 0.123 e. The van der Waals surface area contributed by atoms with Gasteiger partial charge in [-0.25, -0.2) is 0 Å². The molecule has 1 aromatic carbocycles. The average Bonchev–Trinajstić information content (AvgIpc) is 2.58. The Morgan fingerprint density at radius 1 is 1.54 bits per heavy atom. The van der Waals surface area contributed by atoms with Crippen molar-refractivity contribution in [1.82, 2.24) is 0 Å². The summed E-state index contributed by atoms with van der Waals surface area (Å²) in [6.45, 7) is 2.19. The van der Waals surface area contributed by atoms with Gasteiger partial charge in [0.25, 0.3) is 0 Å². The van der Waals surface area contributed by atoms with Crippen LogP contribution in [0.4, 0.5) is 0 Å². The van der Waals surface area contributed by atoms with Crippen LogP contribution in [0, 0.1) is 0 Å². The first-order chi connectivity index (χ1) is 6.33. The van der Waals surface area contributed by atoms with Crippen LogP contribution in [0.2, 0.25) is 0 Å². The summed E-state index contributed by atoms with van der Waals surface area (Å²) in [5.41, 5.74) is 2.80. The maximum Gasteiger partial charge on any atom is 0.123 e. The molecule has 0 spiro atoms. The molecule has 13 heavy (non-hydrogen) atoms. The molecule has 0 saturated carbocycles. The zero-order valence-corrected chi connectivity index (χ0v) is 9.87. The number of hydrogen-bond acceptors (Lipinski definition) is 1. The number of halogens is 1. The number of benzene rings is 1. The third kappa shape index (κ3) is 1.82. The highest BCUT2D eigenvalue weighted by atomic mass is 127. The minimum Gasteiger partial charge on any atom is -0.489 e. The third-order valence-electron chi connectivity index (χ3n) is 2.45. The van der Waals surface area contributed by atoms with Gasteiger partial charge in [-0.2, -0.15) is 0 Å². The molecule has 0 amide bonds. The molecule has 1 aromatic rings. The number of ether oxygens (including phenoxy) is 1. The Bertz CT molecular complexity index is 309. The van der Waals surface area contributed by atoms with Crippen molar-refractivity contribution < 1.29 is 4.74 Å². The molecule has 0 aromatic heterocycles. The molecule has 70 valence electrons. The summed E-state index contributed by atoms with van der Waals surface area (Å²) < 4.78 is 6.83. The van der Waals surface area contributed by atoms with E-state index in [0.717, 1.165) is 23.0 Å². The van der Waals surface area contributed by atoms with Gasteiger partial charge in [-0.1, -0.05) is 41.6 Å². The number of aryl methyl sites for hydroxylation is 1. The molecule has 0 saturated heterocycles. The molecular formula is C11H13IO. The van der Waals surface area contributed by atoms with Crippen LogP contribution in [-0.2, 0) is 12.8 Å². The second kappa shape index (κ2) is 3.86. The molecule has 1 aliphatic heterocycles. The lowest BCUT2D eigenvalue weighted by molar-refractivity contribution is 0.262. The molecule has 0 radical (unpaired) electrons. The first-order valence-corrected chi connectivity index (χ1v) is 6.20. The van der Waals surface area contributed by atoms with E-state index in [0.29, 0.717) is 6.10 Å². The van der Waals surface area contributed by atoms with Gasteiger partial charge < -0.3 is 4.74 Å². The summed E-state index contributed by atoms with van der Waals surface area (Å²) in [5.74, 6) is 1.10. The zero-order chi connectivity index (χ0) is 9.26. The van der Waals surface area contributed by atoms with Crippen LogP contribution in [0.1, 0.15) is 18.1 Å². The van der Waals surface area contributed by atoms with Crippen LogP contribution in [0.15, 0.2) is 18.2 Å². The van der Waals surface area contributed by atoms with Crippen LogP contribution in [0.25, 0.3) is 0 Å². The highest BCUT2D eigenvalue weighted by Crippen LogP contribution is 2.30. The largest absolute Gasteiger partial charge is 0.489 e. The summed E-state index contributed by atoms with van der Waals surface area (Å²) in [6.07, 6.45) is 2.61. The number of fused-ring (bicyclic) bond motifs is 1. The van der Waals surface area contributed by atoms with E-state index in [4.69, 9.17) is 4.74 Å². The fourth-order valence-electron chi connectivity index (χ4n) is 1.68. The van der Waals surface area contributed by atoms with Gasteiger partial charge in [-0.3, -0.25) is 0 Å². The second-order valence-electron chi connectivity index (χ2n) is 3.39. The van der Waals surface area contributed by atoms with Crippen molar-refractivity contribution in [3.8, 4) is 5.75 Å². The van der Waals surface area contributed by atoms with E-state index in [9.17, 15) is 0 Å². The quantitative estimate of drug-likeness (QED) is 0.600. The predicted molar refractivity (Wildman–Crippen MR) is 62.8 cm³/mol. The first kappa shape index (κ1) is 9.31. The van der Waals surface area contributed by atoms with Crippen molar-refractivity contribution in [3.05, 3.63) is 29.3 Å². The molecule has 0 N–H and O–H groups in total. The van der Waals surface area contributed by atoms with Gasteiger partial charge in [-0.15, -0.1) is 0 Å². The lowest BCUT2D eigenvalue weighted by atomic mass is 10.1. The van der Waals surface area contributed by atoms with Gasteiger partial charge in [0, 0.05) is 10.8 Å². The summed E-state index contributed by atoms with van der Waals surface area (Å²) in [6, 6.07) is 6.55. The lowest BCUT2D eigenvalue weighted by Crippen LogP contribution is -2.13. The van der Waals surface area contributed by atoms with Gasteiger partial charge in [0.1, 0.15) is 11.9 Å². The van der Waals surface area contributed by atoms with E-state index < -0.39 is 0 Å². The van der Waals surface area contributed by atoms with E-state index in [1.165, 1.54) is 11.1 Å². The summed E-state index contributed by atoms with van der Waals surface area (Å²) in [7, 11) is 0. The molecule has 1 aliphatic rings. The Kier molecular flexibility index (Phi) is 2.77. The predicted octanol–water partition coefficient (Wildman–Crippen LogP) is 2.99. The molecular weight excluding hydrogens is 275 g/mol. The number of hydrogen-bond donors (Lipinski definition) is 0. The van der Waals surface area contributed by atoms with Crippen LogP contribution in [-0.4, -0.2) is 10.5 Å². The third-order valence-corrected chi connectivity index (χ3v) is 3.43. The Labute approximate surface area is 92.6 Å². The molecule has 2 heteroatoms. The van der Waals surface area contributed by atoms with Gasteiger partial charge in [0.15, 0.2) is 0 Å². The summed E-state index contributed by atoms with van der Waals surface area (Å²) >= 11 is 2.38. The second-order valence-corrected chi connectivity index (χ2v) is 4.27. The van der Waals surface area contributed by atoms with E-state index >= 15 is 0 Å². The highest BCUT2D eigenvalue weighted by molar-refractivity contribution is 14.1. The Hall–Kier alpha value is -0.250. The molecule has 0 aliphatic carbocycles. The minimum atomic E-state index is 0.405. The minimum absolute atomic E-state index is 0.405. The van der Waals surface area contributed by atoms with E-state index in [2.05, 4.69) is 47.7 Å². The maximum absolute atomic E-state index is 5.75. The molecule has 0 unspecified atom stereocenters. The number of alkyl halides is 1. The molecule has 2 rings (SSSR count). The van der Waals surface area contributed by atoms with Crippen molar-refractivity contribution >= 4 is 22.6 Å². The maximum atomic E-state index is 5.75. The van der Waals surface area contributed by atoms with Crippen molar-refractivity contribution in [2.75, 3.05) is 4.43 Å². The zero-order valence-electron chi connectivity index (χ0n) is 7.72. The van der Waals surface area contributed by atoms with Crippen LogP contribution in [0.5, 0.6) is 5.75 Å². The number of rotatable bonds is 2. The van der Waals surface area contributed by atoms with Crippen molar-refractivity contribution in [1.29, 1.82) is 0 Å². The highest BCUT2D eigenvalue weighted by Gasteiger charge is 2.21. The Morgan fingerprint density at radius 3 is 3.08 bits per heavy atom. The van der Waals surface area contributed by atoms with E-state index in [-0.39, 0.29) is 0 Å². The van der Waals surface area contributed by atoms with E-state index in [1.54, 1.807) is 0 Å². The van der Waals surface area contributed by atoms with E-state index in [1.807, 2.05) is 0 Å². The van der Waals surface area contributed by atoms with Gasteiger partial charge in [0.05, 0.1) is 0 Å². The van der Waals surface area contributed by atoms with Crippen molar-refractivity contribution in [2.45, 2.75) is 25.9 Å². The Balaban J connectivity index is 2.25. The van der Waals surface area contributed by atoms with Crippen molar-refractivity contribution in [3.63, 3.8) is 0 Å². The normalized spacial score (nSPS) is 19.7. The topological polar surface area (TPSA) is 9.23 Å². The van der Waals surface area contributed by atoms with Gasteiger partial charge in [0.2, 0.25) is 0 Å². The summed E-state index contributed by atoms with van der Waals surface area (Å²) in [5, 5.41) is 0. The Morgan fingerprint density at radius 2 is 2.38 bits per heavy atom. The molecule has 1 nitrogen and oxygen atoms in total. The summed E-state index contributed by atoms with van der Waals surface area (Å²) in [4.78, 5) is 0. The molecule has 1 heterocycles. The SMILES string of the molecule is CCc1ccc2c(c1)C[C@H](CI)O2. The van der Waals surface area contributed by atoms with Crippen molar-refractivity contribution in [2.24, 2.45) is 0 Å². The standard InChI is InChI=1S/C11H13IO/c1-2-8-3-4-11-9(5-8)6-10(7-12)13-11/h3-5,10H,2,6-7H2,1H3/t10-/m1/s1. The first-order valence-electron chi connectivity index (χ1n) is 4.68. The lowest BCUT2D eigenvalue weighted by Gasteiger charge is -2.04.